The molecule has 1 aliphatic carbocycles. The Labute approximate surface area is 189 Å². The van der Waals surface area contributed by atoms with Crippen LogP contribution in [-0.4, -0.2) is 47.9 Å². The average molecular weight is 438 g/mol. The van der Waals surface area contributed by atoms with Crippen molar-refractivity contribution in [2.24, 2.45) is 5.92 Å². The largest absolute Gasteiger partial charge is 0.455 e. The summed E-state index contributed by atoms with van der Waals surface area (Å²) in [6, 6.07) is 11.9. The molecule has 7 nitrogen and oxygen atoms in total. The minimum atomic E-state index is -0.848. The molecule has 2 fully saturated rings. The average Bonchev–Trinajstić information content (AvgIpc) is 3.07. The lowest BCUT2D eigenvalue weighted by Crippen LogP contribution is -2.48. The Hall–Kier alpha value is -3.14. The summed E-state index contributed by atoms with van der Waals surface area (Å²) in [6.45, 7) is 0.574. The van der Waals surface area contributed by atoms with Crippen molar-refractivity contribution in [3.8, 4) is 6.07 Å². The molecule has 1 heterocycles. The van der Waals surface area contributed by atoms with Crippen LogP contribution in [0.1, 0.15) is 56.9 Å². The molecule has 0 atom stereocenters. The SMILES string of the molecule is N#CC1(NC(=O)COC(=O)C2CCN(C(=O)/C=C/c3ccccc3)CC2)CCCCCC1. The minimum absolute atomic E-state index is 0.0785. The molecule has 0 aromatic heterocycles. The van der Waals surface area contributed by atoms with Crippen molar-refractivity contribution in [2.75, 3.05) is 19.7 Å². The highest BCUT2D eigenvalue weighted by Gasteiger charge is 2.33. The van der Waals surface area contributed by atoms with Gasteiger partial charge in [-0.15, -0.1) is 0 Å². The zero-order chi connectivity index (χ0) is 22.8. The molecule has 170 valence electrons. The number of esters is 1. The molecule has 0 bridgehead atoms. The first-order valence-corrected chi connectivity index (χ1v) is 11.4. The second-order valence-corrected chi connectivity index (χ2v) is 8.61. The van der Waals surface area contributed by atoms with Crippen LogP contribution in [0.5, 0.6) is 0 Å². The van der Waals surface area contributed by atoms with Gasteiger partial charge in [-0.3, -0.25) is 14.4 Å². The van der Waals surface area contributed by atoms with E-state index in [1.165, 1.54) is 0 Å². The van der Waals surface area contributed by atoms with Gasteiger partial charge in [0.15, 0.2) is 6.61 Å². The Bertz CT molecular complexity index is 859. The second-order valence-electron chi connectivity index (χ2n) is 8.61. The highest BCUT2D eigenvalue weighted by atomic mass is 16.5. The molecule has 1 aromatic carbocycles. The number of hydrogen-bond donors (Lipinski definition) is 1. The fourth-order valence-electron chi connectivity index (χ4n) is 4.33. The summed E-state index contributed by atoms with van der Waals surface area (Å²) in [5.74, 6) is -1.25. The van der Waals surface area contributed by atoms with Gasteiger partial charge >= 0.3 is 5.97 Å². The van der Waals surface area contributed by atoms with Crippen LogP contribution in [0.4, 0.5) is 0 Å². The Kier molecular flexibility index (Phi) is 8.43. The Balaban J connectivity index is 1.40. The van der Waals surface area contributed by atoms with Crippen LogP contribution in [0.25, 0.3) is 6.08 Å². The summed E-state index contributed by atoms with van der Waals surface area (Å²) in [6.07, 6.45) is 9.57. The summed E-state index contributed by atoms with van der Waals surface area (Å²) in [5.41, 5.74) is 0.110. The lowest BCUT2D eigenvalue weighted by atomic mass is 9.92. The fourth-order valence-corrected chi connectivity index (χ4v) is 4.33. The normalized spacial score (nSPS) is 19.0. The van der Waals surface area contributed by atoms with Gasteiger partial charge in [-0.25, -0.2) is 0 Å². The highest BCUT2D eigenvalue weighted by molar-refractivity contribution is 5.92. The Morgan fingerprint density at radius 2 is 1.75 bits per heavy atom. The molecular weight excluding hydrogens is 406 g/mol. The first kappa shape index (κ1) is 23.5. The van der Waals surface area contributed by atoms with Crippen molar-refractivity contribution in [1.82, 2.24) is 10.2 Å². The molecule has 2 aliphatic rings. The number of likely N-dealkylation sites (tertiary alicyclic amines) is 1. The third kappa shape index (κ3) is 6.68. The molecule has 7 heteroatoms. The number of rotatable bonds is 6. The number of nitrogens with zero attached hydrogens (tertiary/aromatic N) is 2. The molecule has 2 amide bonds. The number of carbonyl (C=O) groups excluding carboxylic acids is 3. The van der Waals surface area contributed by atoms with E-state index < -0.39 is 17.4 Å². The van der Waals surface area contributed by atoms with Crippen LogP contribution in [0.2, 0.25) is 0 Å². The number of ether oxygens (including phenoxy) is 1. The maximum Gasteiger partial charge on any atom is 0.309 e. The Morgan fingerprint density at radius 1 is 1.09 bits per heavy atom. The monoisotopic (exact) mass is 437 g/mol. The van der Waals surface area contributed by atoms with Crippen molar-refractivity contribution >= 4 is 23.9 Å². The van der Waals surface area contributed by atoms with Crippen molar-refractivity contribution in [2.45, 2.75) is 56.9 Å². The molecule has 3 rings (SSSR count). The lowest BCUT2D eigenvalue weighted by Gasteiger charge is -2.30. The summed E-state index contributed by atoms with van der Waals surface area (Å²) < 4.78 is 5.23. The van der Waals surface area contributed by atoms with Crippen LogP contribution in [0.3, 0.4) is 0 Å². The van der Waals surface area contributed by atoms with Gasteiger partial charge in [-0.2, -0.15) is 5.26 Å². The van der Waals surface area contributed by atoms with Crippen LogP contribution in [-0.2, 0) is 19.1 Å². The molecule has 32 heavy (non-hydrogen) atoms. The quantitative estimate of drug-likeness (QED) is 0.418. The van der Waals surface area contributed by atoms with Crippen LogP contribution >= 0.6 is 0 Å². The maximum absolute atomic E-state index is 12.4. The Morgan fingerprint density at radius 3 is 2.38 bits per heavy atom. The molecule has 0 spiro atoms. The molecule has 1 N–H and O–H groups in total. The van der Waals surface area contributed by atoms with Crippen LogP contribution in [0, 0.1) is 17.2 Å². The highest BCUT2D eigenvalue weighted by Crippen LogP contribution is 2.26. The zero-order valence-corrected chi connectivity index (χ0v) is 18.4. The zero-order valence-electron chi connectivity index (χ0n) is 18.4. The lowest BCUT2D eigenvalue weighted by molar-refractivity contribution is -0.155. The van der Waals surface area contributed by atoms with E-state index in [4.69, 9.17) is 4.74 Å². The van der Waals surface area contributed by atoms with Gasteiger partial charge in [0.25, 0.3) is 5.91 Å². The molecule has 1 aliphatic heterocycles. The number of nitriles is 1. The predicted octanol–water partition coefficient (Wildman–Crippen LogP) is 3.21. The fraction of sp³-hybridized carbons (Fsp3) is 0.520. The van der Waals surface area contributed by atoms with Gasteiger partial charge in [0, 0.05) is 19.2 Å². The third-order valence-electron chi connectivity index (χ3n) is 6.25. The van der Waals surface area contributed by atoms with E-state index in [1.807, 2.05) is 30.3 Å². The number of piperidine rings is 1. The maximum atomic E-state index is 12.4. The topological polar surface area (TPSA) is 99.5 Å². The van der Waals surface area contributed by atoms with Crippen molar-refractivity contribution in [1.29, 1.82) is 5.26 Å². The van der Waals surface area contributed by atoms with Gasteiger partial charge in [-0.1, -0.05) is 56.0 Å². The van der Waals surface area contributed by atoms with Crippen LogP contribution in [0.15, 0.2) is 36.4 Å². The van der Waals surface area contributed by atoms with Crippen molar-refractivity contribution < 1.29 is 19.1 Å². The van der Waals surface area contributed by atoms with E-state index in [2.05, 4.69) is 11.4 Å². The number of carbonyl (C=O) groups is 3. The van der Waals surface area contributed by atoms with E-state index in [-0.39, 0.29) is 18.4 Å². The van der Waals surface area contributed by atoms with E-state index >= 15 is 0 Å². The van der Waals surface area contributed by atoms with Gasteiger partial charge in [0.2, 0.25) is 5.91 Å². The van der Waals surface area contributed by atoms with Gasteiger partial charge in [-0.05, 0) is 37.3 Å². The summed E-state index contributed by atoms with van der Waals surface area (Å²) in [7, 11) is 0. The minimum Gasteiger partial charge on any atom is -0.455 e. The smallest absolute Gasteiger partial charge is 0.309 e. The van der Waals surface area contributed by atoms with E-state index in [9.17, 15) is 19.6 Å². The summed E-state index contributed by atoms with van der Waals surface area (Å²) in [5, 5.41) is 12.4. The second kappa shape index (κ2) is 11.5. The number of benzene rings is 1. The standard InChI is InChI=1S/C25H31N3O4/c26-19-25(14-6-1-2-7-15-25)27-22(29)18-32-24(31)21-12-16-28(17-13-21)23(30)11-10-20-8-4-3-5-9-20/h3-5,8-11,21H,1-2,6-7,12-18H2,(H,27,29)/b11-10+. The van der Waals surface area contributed by atoms with E-state index in [0.717, 1.165) is 31.2 Å². The first-order chi connectivity index (χ1) is 15.5. The van der Waals surface area contributed by atoms with Gasteiger partial charge in [0.05, 0.1) is 12.0 Å². The van der Waals surface area contributed by atoms with Crippen LogP contribution < -0.4 is 5.32 Å². The molecule has 1 saturated heterocycles. The number of amides is 2. The third-order valence-corrected chi connectivity index (χ3v) is 6.25. The number of nitrogens with one attached hydrogen (secondary N) is 1. The van der Waals surface area contributed by atoms with Crippen molar-refractivity contribution in [3.63, 3.8) is 0 Å². The summed E-state index contributed by atoms with van der Waals surface area (Å²) in [4.78, 5) is 38.8. The summed E-state index contributed by atoms with van der Waals surface area (Å²) >= 11 is 0. The number of hydrogen-bond acceptors (Lipinski definition) is 5. The van der Waals surface area contributed by atoms with Crippen molar-refractivity contribution in [3.05, 3.63) is 42.0 Å². The predicted molar refractivity (Wildman–Crippen MR) is 120 cm³/mol. The molecule has 1 aromatic rings. The molecular formula is C25H31N3O4. The molecule has 1 saturated carbocycles. The van der Waals surface area contributed by atoms with E-state index in [0.29, 0.717) is 38.8 Å². The van der Waals surface area contributed by atoms with Gasteiger partial charge < -0.3 is 15.0 Å². The molecule has 0 unspecified atom stereocenters. The first-order valence-electron chi connectivity index (χ1n) is 11.4. The molecule has 0 radical (unpaired) electrons. The van der Waals surface area contributed by atoms with Gasteiger partial charge in [0.1, 0.15) is 5.54 Å². The van der Waals surface area contributed by atoms with E-state index in [1.54, 1.807) is 17.1 Å².